The Morgan fingerprint density at radius 3 is 2.27 bits per heavy atom. The average molecular weight is 306 g/mol. The van der Waals surface area contributed by atoms with Gasteiger partial charge in [-0.15, -0.1) is 0 Å². The normalized spacial score (nSPS) is 9.50. The van der Waals surface area contributed by atoms with Crippen molar-refractivity contribution >= 4 is 11.9 Å². The van der Waals surface area contributed by atoms with E-state index in [2.05, 4.69) is 10.3 Å². The fourth-order valence-electron chi connectivity index (χ4n) is 1.49. The first-order valence-corrected chi connectivity index (χ1v) is 6.30. The Morgan fingerprint density at radius 1 is 1.05 bits per heavy atom. The van der Waals surface area contributed by atoms with Gasteiger partial charge in [-0.3, -0.25) is 4.98 Å². The summed E-state index contributed by atoms with van der Waals surface area (Å²) in [7, 11) is 0. The Bertz CT molecular complexity index is 608. The van der Waals surface area contributed by atoms with Crippen LogP contribution >= 0.6 is 0 Å². The molecule has 0 aliphatic heterocycles. The third-order valence-corrected chi connectivity index (χ3v) is 2.51. The summed E-state index contributed by atoms with van der Waals surface area (Å²) in [5, 5.41) is 18.0. The van der Waals surface area contributed by atoms with E-state index < -0.39 is 11.9 Å². The second-order valence-corrected chi connectivity index (χ2v) is 4.17. The molecule has 22 heavy (non-hydrogen) atoms. The molecule has 2 aromatic rings. The number of carboxylic acid groups (broad SMARTS) is 2. The molecule has 1 aromatic heterocycles. The molecular formula is C15H15FN2O4. The summed E-state index contributed by atoms with van der Waals surface area (Å²) in [5.41, 5.74) is 1.78. The number of benzene rings is 1. The smallest absolute Gasteiger partial charge is 0.414 e. The van der Waals surface area contributed by atoms with Gasteiger partial charge in [0.25, 0.3) is 0 Å². The monoisotopic (exact) mass is 306 g/mol. The highest BCUT2D eigenvalue weighted by molar-refractivity contribution is 6.27. The van der Waals surface area contributed by atoms with E-state index in [9.17, 15) is 4.39 Å². The number of nitrogens with one attached hydrogen (secondary N) is 1. The van der Waals surface area contributed by atoms with Crippen LogP contribution in [0.15, 0.2) is 48.8 Å². The first-order valence-electron chi connectivity index (χ1n) is 6.30. The summed E-state index contributed by atoms with van der Waals surface area (Å²) < 4.78 is 13.3. The minimum atomic E-state index is -1.82. The summed E-state index contributed by atoms with van der Waals surface area (Å²) >= 11 is 0. The number of halogens is 1. The summed E-state index contributed by atoms with van der Waals surface area (Å²) in [6, 6.07) is 10.7. The molecule has 0 aliphatic carbocycles. The summed E-state index contributed by atoms with van der Waals surface area (Å²) in [6.45, 7) is 1.23. The number of nitrogens with zero attached hydrogens (tertiary/aromatic N) is 1. The first-order chi connectivity index (χ1) is 10.5. The van der Waals surface area contributed by atoms with Gasteiger partial charge in [0.1, 0.15) is 5.82 Å². The zero-order chi connectivity index (χ0) is 16.4. The maximum absolute atomic E-state index is 13.3. The summed E-state index contributed by atoms with van der Waals surface area (Å²) in [5.74, 6) is -3.81. The Kier molecular flexibility index (Phi) is 7.21. The minimum absolute atomic E-state index is 0.166. The van der Waals surface area contributed by atoms with E-state index >= 15 is 0 Å². The zero-order valence-corrected chi connectivity index (χ0v) is 11.6. The standard InChI is InChI=1S/C13H13FN2.C2H2O4/c14-13-6-2-1-5-12(13)10-16-9-11-4-3-7-15-8-11;3-1(4)2(5)6/h1-8,16H,9-10H2;(H,3,4)(H,5,6). The molecule has 0 atom stereocenters. The van der Waals surface area contributed by atoms with Crippen molar-refractivity contribution < 1.29 is 24.2 Å². The SMILES string of the molecule is Fc1ccccc1CNCc1cccnc1.O=C(O)C(=O)O. The third kappa shape index (κ3) is 6.58. The molecule has 6 nitrogen and oxygen atoms in total. The van der Waals surface area contributed by atoms with Gasteiger partial charge < -0.3 is 15.5 Å². The van der Waals surface area contributed by atoms with E-state index in [4.69, 9.17) is 19.8 Å². The van der Waals surface area contributed by atoms with Gasteiger partial charge in [0, 0.05) is 31.0 Å². The van der Waals surface area contributed by atoms with Gasteiger partial charge in [0.2, 0.25) is 0 Å². The van der Waals surface area contributed by atoms with Crippen LogP contribution in [0.1, 0.15) is 11.1 Å². The van der Waals surface area contributed by atoms with E-state index in [1.54, 1.807) is 24.5 Å². The number of pyridine rings is 1. The second-order valence-electron chi connectivity index (χ2n) is 4.17. The molecule has 0 saturated carbocycles. The highest BCUT2D eigenvalue weighted by Gasteiger charge is 2.04. The van der Waals surface area contributed by atoms with E-state index in [0.717, 1.165) is 5.56 Å². The predicted octanol–water partition coefficient (Wildman–Crippen LogP) is 1.67. The molecule has 0 amide bonds. The quantitative estimate of drug-likeness (QED) is 0.743. The van der Waals surface area contributed by atoms with Gasteiger partial charge in [-0.25, -0.2) is 14.0 Å². The fourth-order valence-corrected chi connectivity index (χ4v) is 1.49. The highest BCUT2D eigenvalue weighted by atomic mass is 19.1. The molecular weight excluding hydrogens is 291 g/mol. The number of aromatic nitrogens is 1. The maximum atomic E-state index is 13.3. The number of carboxylic acids is 2. The fraction of sp³-hybridized carbons (Fsp3) is 0.133. The molecule has 0 fully saturated rings. The zero-order valence-electron chi connectivity index (χ0n) is 11.6. The number of rotatable bonds is 4. The highest BCUT2D eigenvalue weighted by Crippen LogP contribution is 2.06. The van der Waals surface area contributed by atoms with Crippen molar-refractivity contribution in [1.29, 1.82) is 0 Å². The van der Waals surface area contributed by atoms with Gasteiger partial charge in [-0.05, 0) is 17.7 Å². The van der Waals surface area contributed by atoms with Gasteiger partial charge in [-0.2, -0.15) is 0 Å². The molecule has 0 bridgehead atoms. The Hall–Kier alpha value is -2.80. The minimum Gasteiger partial charge on any atom is -0.473 e. The molecule has 1 aromatic carbocycles. The van der Waals surface area contributed by atoms with Crippen LogP contribution in [-0.4, -0.2) is 27.1 Å². The van der Waals surface area contributed by atoms with Crippen molar-refractivity contribution in [2.75, 3.05) is 0 Å². The van der Waals surface area contributed by atoms with Gasteiger partial charge >= 0.3 is 11.9 Å². The molecule has 2 rings (SSSR count). The van der Waals surface area contributed by atoms with Crippen LogP contribution in [0.25, 0.3) is 0 Å². The lowest BCUT2D eigenvalue weighted by Crippen LogP contribution is -2.13. The number of carbonyl (C=O) groups is 2. The maximum Gasteiger partial charge on any atom is 0.414 e. The Balaban J connectivity index is 0.000000346. The lowest BCUT2D eigenvalue weighted by Gasteiger charge is -2.05. The van der Waals surface area contributed by atoms with Crippen LogP contribution in [0.3, 0.4) is 0 Å². The van der Waals surface area contributed by atoms with Gasteiger partial charge in [0.15, 0.2) is 0 Å². The third-order valence-electron chi connectivity index (χ3n) is 2.51. The summed E-state index contributed by atoms with van der Waals surface area (Å²) in [4.78, 5) is 22.2. The van der Waals surface area contributed by atoms with Crippen LogP contribution in [0.5, 0.6) is 0 Å². The van der Waals surface area contributed by atoms with E-state index in [0.29, 0.717) is 18.7 Å². The van der Waals surface area contributed by atoms with Crippen LogP contribution < -0.4 is 5.32 Å². The van der Waals surface area contributed by atoms with Crippen molar-refractivity contribution in [1.82, 2.24) is 10.3 Å². The molecule has 1 heterocycles. The second kappa shape index (κ2) is 9.19. The van der Waals surface area contributed by atoms with E-state index in [1.165, 1.54) is 6.07 Å². The van der Waals surface area contributed by atoms with Crippen LogP contribution in [0.2, 0.25) is 0 Å². The van der Waals surface area contributed by atoms with Gasteiger partial charge in [0.05, 0.1) is 0 Å². The molecule has 0 radical (unpaired) electrons. The van der Waals surface area contributed by atoms with Crippen molar-refractivity contribution in [3.05, 3.63) is 65.7 Å². The Labute approximate surface area is 126 Å². The van der Waals surface area contributed by atoms with Crippen LogP contribution in [0.4, 0.5) is 4.39 Å². The molecule has 0 spiro atoms. The van der Waals surface area contributed by atoms with Crippen molar-refractivity contribution in [3.63, 3.8) is 0 Å². The lowest BCUT2D eigenvalue weighted by molar-refractivity contribution is -0.159. The molecule has 0 saturated heterocycles. The Morgan fingerprint density at radius 2 is 1.73 bits per heavy atom. The molecule has 7 heteroatoms. The molecule has 116 valence electrons. The average Bonchev–Trinajstić information content (AvgIpc) is 2.51. The van der Waals surface area contributed by atoms with Crippen LogP contribution in [0, 0.1) is 5.82 Å². The predicted molar refractivity (Wildman–Crippen MR) is 76.5 cm³/mol. The van der Waals surface area contributed by atoms with E-state index in [1.807, 2.05) is 18.2 Å². The lowest BCUT2D eigenvalue weighted by atomic mass is 10.2. The number of aliphatic carboxylic acids is 2. The summed E-state index contributed by atoms with van der Waals surface area (Å²) in [6.07, 6.45) is 3.54. The molecule has 0 unspecified atom stereocenters. The number of hydrogen-bond acceptors (Lipinski definition) is 4. The molecule has 3 N–H and O–H groups in total. The first kappa shape index (κ1) is 17.3. The van der Waals surface area contributed by atoms with Crippen molar-refractivity contribution in [2.45, 2.75) is 13.1 Å². The van der Waals surface area contributed by atoms with E-state index in [-0.39, 0.29) is 5.82 Å². The number of hydrogen-bond donors (Lipinski definition) is 3. The van der Waals surface area contributed by atoms with Crippen molar-refractivity contribution in [2.24, 2.45) is 0 Å². The molecule has 0 aliphatic rings. The van der Waals surface area contributed by atoms with Crippen molar-refractivity contribution in [3.8, 4) is 0 Å². The van der Waals surface area contributed by atoms with Gasteiger partial charge in [-0.1, -0.05) is 24.3 Å². The largest absolute Gasteiger partial charge is 0.473 e. The topological polar surface area (TPSA) is 99.5 Å². The van der Waals surface area contributed by atoms with Crippen LogP contribution in [-0.2, 0) is 22.7 Å².